The van der Waals surface area contributed by atoms with Gasteiger partial charge < -0.3 is 10.1 Å². The molecule has 15 heavy (non-hydrogen) atoms. The van der Waals surface area contributed by atoms with Crippen LogP contribution in [0, 0.1) is 6.92 Å². The van der Waals surface area contributed by atoms with Crippen molar-refractivity contribution in [2.75, 3.05) is 14.2 Å². The van der Waals surface area contributed by atoms with E-state index in [4.69, 9.17) is 4.74 Å². The third-order valence-corrected chi connectivity index (χ3v) is 3.32. The molecule has 0 amide bonds. The molecule has 1 atom stereocenters. The zero-order chi connectivity index (χ0) is 10.8. The Bertz CT molecular complexity index is 360. The van der Waals surface area contributed by atoms with Crippen molar-refractivity contribution in [3.63, 3.8) is 0 Å². The average Bonchev–Trinajstić information content (AvgIpc) is 2.27. The van der Waals surface area contributed by atoms with Gasteiger partial charge in [0, 0.05) is 6.04 Å². The van der Waals surface area contributed by atoms with E-state index in [0.717, 1.165) is 5.75 Å². The number of nitrogens with one attached hydrogen (secondary N) is 1. The van der Waals surface area contributed by atoms with Crippen LogP contribution in [0.4, 0.5) is 0 Å². The van der Waals surface area contributed by atoms with Crippen molar-refractivity contribution in [2.24, 2.45) is 0 Å². The fourth-order valence-corrected chi connectivity index (χ4v) is 2.47. The normalized spacial score (nSPS) is 19.8. The number of methoxy groups -OCH3 is 1. The summed E-state index contributed by atoms with van der Waals surface area (Å²) >= 11 is 0. The molecule has 0 aliphatic heterocycles. The first-order valence-corrected chi connectivity index (χ1v) is 5.61. The number of hydrogen-bond acceptors (Lipinski definition) is 2. The summed E-state index contributed by atoms with van der Waals surface area (Å²) in [7, 11) is 3.78. The Morgan fingerprint density at radius 2 is 2.20 bits per heavy atom. The SMILES string of the molecule is CNC1CCCc2cc(OC)c(C)cc21. The Morgan fingerprint density at radius 3 is 2.87 bits per heavy atom. The predicted molar refractivity (Wildman–Crippen MR) is 62.5 cm³/mol. The van der Waals surface area contributed by atoms with E-state index in [-0.39, 0.29) is 0 Å². The standard InChI is InChI=1S/C13H19NO/c1-9-7-11-10(8-13(9)15-3)5-4-6-12(11)14-2/h7-8,12,14H,4-6H2,1-3H3. The molecule has 1 aromatic carbocycles. The topological polar surface area (TPSA) is 21.3 Å². The lowest BCUT2D eigenvalue weighted by molar-refractivity contribution is 0.408. The number of benzene rings is 1. The zero-order valence-corrected chi connectivity index (χ0v) is 9.76. The minimum absolute atomic E-state index is 0.526. The molecule has 1 aliphatic rings. The van der Waals surface area contributed by atoms with Crippen LogP contribution in [0.3, 0.4) is 0 Å². The molecule has 0 heterocycles. The van der Waals surface area contributed by atoms with E-state index in [1.807, 2.05) is 7.05 Å². The van der Waals surface area contributed by atoms with E-state index in [0.29, 0.717) is 6.04 Å². The highest BCUT2D eigenvalue weighted by Crippen LogP contribution is 2.33. The van der Waals surface area contributed by atoms with Gasteiger partial charge >= 0.3 is 0 Å². The van der Waals surface area contributed by atoms with Crippen LogP contribution in [0.2, 0.25) is 0 Å². The Balaban J connectivity index is 2.45. The van der Waals surface area contributed by atoms with Gasteiger partial charge in [0.15, 0.2) is 0 Å². The van der Waals surface area contributed by atoms with Gasteiger partial charge in [-0.05, 0) is 56.0 Å². The summed E-state index contributed by atoms with van der Waals surface area (Å²) in [4.78, 5) is 0. The largest absolute Gasteiger partial charge is 0.496 e. The molecule has 0 fully saturated rings. The van der Waals surface area contributed by atoms with Crippen LogP contribution < -0.4 is 10.1 Å². The maximum absolute atomic E-state index is 5.36. The summed E-state index contributed by atoms with van der Waals surface area (Å²) in [6.07, 6.45) is 3.70. The van der Waals surface area contributed by atoms with E-state index in [2.05, 4.69) is 24.4 Å². The molecule has 82 valence electrons. The van der Waals surface area contributed by atoms with Crippen LogP contribution in [-0.4, -0.2) is 14.2 Å². The number of aryl methyl sites for hydroxylation is 2. The first-order chi connectivity index (χ1) is 7.26. The van der Waals surface area contributed by atoms with Crippen molar-refractivity contribution in [2.45, 2.75) is 32.2 Å². The molecular weight excluding hydrogens is 186 g/mol. The second-order valence-corrected chi connectivity index (χ2v) is 4.25. The quantitative estimate of drug-likeness (QED) is 0.801. The van der Waals surface area contributed by atoms with Gasteiger partial charge in [-0.2, -0.15) is 0 Å². The molecule has 1 N–H and O–H groups in total. The van der Waals surface area contributed by atoms with E-state index < -0.39 is 0 Å². The molecule has 1 aliphatic carbocycles. The molecule has 1 unspecified atom stereocenters. The van der Waals surface area contributed by atoms with Gasteiger partial charge in [-0.1, -0.05) is 6.07 Å². The van der Waals surface area contributed by atoms with Gasteiger partial charge in [0.2, 0.25) is 0 Å². The lowest BCUT2D eigenvalue weighted by atomic mass is 9.86. The second-order valence-electron chi connectivity index (χ2n) is 4.25. The second kappa shape index (κ2) is 4.23. The van der Waals surface area contributed by atoms with Crippen LogP contribution >= 0.6 is 0 Å². The maximum atomic E-state index is 5.36. The van der Waals surface area contributed by atoms with Crippen molar-refractivity contribution in [1.29, 1.82) is 0 Å². The number of ether oxygens (including phenoxy) is 1. The van der Waals surface area contributed by atoms with Gasteiger partial charge in [0.1, 0.15) is 5.75 Å². The van der Waals surface area contributed by atoms with Crippen molar-refractivity contribution >= 4 is 0 Å². The molecule has 0 spiro atoms. The number of fused-ring (bicyclic) bond motifs is 1. The third kappa shape index (κ3) is 1.86. The lowest BCUT2D eigenvalue weighted by Gasteiger charge is -2.26. The Labute approximate surface area is 91.6 Å². The third-order valence-electron chi connectivity index (χ3n) is 3.32. The highest BCUT2D eigenvalue weighted by atomic mass is 16.5. The molecule has 2 heteroatoms. The van der Waals surface area contributed by atoms with E-state index in [1.54, 1.807) is 7.11 Å². The van der Waals surface area contributed by atoms with E-state index in [1.165, 1.54) is 36.0 Å². The minimum Gasteiger partial charge on any atom is -0.496 e. The fraction of sp³-hybridized carbons (Fsp3) is 0.538. The van der Waals surface area contributed by atoms with Crippen LogP contribution in [0.15, 0.2) is 12.1 Å². The summed E-state index contributed by atoms with van der Waals surface area (Å²) in [5.74, 6) is 1.02. The number of hydrogen-bond donors (Lipinski definition) is 1. The zero-order valence-electron chi connectivity index (χ0n) is 9.76. The Kier molecular flexibility index (Phi) is 2.96. The maximum Gasteiger partial charge on any atom is 0.122 e. The average molecular weight is 205 g/mol. The van der Waals surface area contributed by atoms with Gasteiger partial charge in [0.05, 0.1) is 7.11 Å². The van der Waals surface area contributed by atoms with Gasteiger partial charge in [-0.25, -0.2) is 0 Å². The molecule has 2 nitrogen and oxygen atoms in total. The summed E-state index contributed by atoms with van der Waals surface area (Å²) < 4.78 is 5.36. The Morgan fingerprint density at radius 1 is 1.40 bits per heavy atom. The van der Waals surface area contributed by atoms with E-state index >= 15 is 0 Å². The van der Waals surface area contributed by atoms with Gasteiger partial charge in [-0.15, -0.1) is 0 Å². The molecular formula is C13H19NO. The minimum atomic E-state index is 0.526. The van der Waals surface area contributed by atoms with E-state index in [9.17, 15) is 0 Å². The van der Waals surface area contributed by atoms with Gasteiger partial charge in [-0.3, -0.25) is 0 Å². The highest BCUT2D eigenvalue weighted by Gasteiger charge is 2.19. The van der Waals surface area contributed by atoms with Gasteiger partial charge in [0.25, 0.3) is 0 Å². The summed E-state index contributed by atoms with van der Waals surface area (Å²) in [5.41, 5.74) is 4.14. The molecule has 2 rings (SSSR count). The first kappa shape index (κ1) is 10.5. The summed E-state index contributed by atoms with van der Waals surface area (Å²) in [6, 6.07) is 5.00. The molecule has 0 radical (unpaired) electrons. The van der Waals surface area contributed by atoms with Crippen LogP contribution in [0.25, 0.3) is 0 Å². The van der Waals surface area contributed by atoms with Crippen molar-refractivity contribution < 1.29 is 4.74 Å². The summed E-state index contributed by atoms with van der Waals surface area (Å²) in [6.45, 7) is 2.11. The molecule has 0 bridgehead atoms. The predicted octanol–water partition coefficient (Wildman–Crippen LogP) is 2.60. The first-order valence-electron chi connectivity index (χ1n) is 5.61. The van der Waals surface area contributed by atoms with Crippen molar-refractivity contribution in [3.05, 3.63) is 28.8 Å². The Hall–Kier alpha value is -1.02. The number of rotatable bonds is 2. The highest BCUT2D eigenvalue weighted by molar-refractivity contribution is 5.44. The van der Waals surface area contributed by atoms with Crippen LogP contribution in [0.5, 0.6) is 5.75 Å². The van der Waals surface area contributed by atoms with Crippen molar-refractivity contribution in [3.8, 4) is 5.75 Å². The monoisotopic (exact) mass is 205 g/mol. The van der Waals surface area contributed by atoms with Crippen LogP contribution in [-0.2, 0) is 6.42 Å². The summed E-state index contributed by atoms with van der Waals surface area (Å²) in [5, 5.41) is 3.38. The lowest BCUT2D eigenvalue weighted by Crippen LogP contribution is -2.21. The molecule has 0 saturated carbocycles. The molecule has 1 aromatic rings. The smallest absolute Gasteiger partial charge is 0.122 e. The van der Waals surface area contributed by atoms with Crippen molar-refractivity contribution in [1.82, 2.24) is 5.32 Å². The molecule has 0 aromatic heterocycles. The van der Waals surface area contributed by atoms with Crippen LogP contribution in [0.1, 0.15) is 35.6 Å². The fourth-order valence-electron chi connectivity index (χ4n) is 2.47. The molecule has 0 saturated heterocycles.